The lowest BCUT2D eigenvalue weighted by molar-refractivity contribution is -0.128. The molecule has 0 N–H and O–H groups in total. The van der Waals surface area contributed by atoms with E-state index in [1.165, 1.54) is 4.90 Å². The summed E-state index contributed by atoms with van der Waals surface area (Å²) in [7, 11) is 0. The van der Waals surface area contributed by atoms with Gasteiger partial charge in [-0.15, -0.1) is 0 Å². The van der Waals surface area contributed by atoms with Gasteiger partial charge < -0.3 is 9.64 Å². The molecule has 1 heterocycles. The van der Waals surface area contributed by atoms with Crippen LogP contribution < -0.4 is 0 Å². The predicted octanol–water partition coefficient (Wildman–Crippen LogP) is 1.39. The number of hydrogen-bond donors (Lipinski definition) is 0. The van der Waals surface area contributed by atoms with Gasteiger partial charge in [0, 0.05) is 13.1 Å². The van der Waals surface area contributed by atoms with Crippen molar-refractivity contribution < 1.29 is 18.7 Å². The summed E-state index contributed by atoms with van der Waals surface area (Å²) < 4.78 is 17.1. The van der Waals surface area contributed by atoms with Gasteiger partial charge in [-0.2, -0.15) is 0 Å². The van der Waals surface area contributed by atoms with E-state index in [1.807, 2.05) is 0 Å². The fourth-order valence-electron chi connectivity index (χ4n) is 1.27. The van der Waals surface area contributed by atoms with E-state index in [-0.39, 0.29) is 19.0 Å². The van der Waals surface area contributed by atoms with Gasteiger partial charge in [0.05, 0.1) is 5.92 Å². The molecule has 0 spiro atoms. The maximum atomic E-state index is 12.0. The molecule has 0 radical (unpaired) electrons. The normalized spacial score (nSPS) is 17.2. The maximum Gasteiger partial charge on any atom is 0.410 e. The summed E-state index contributed by atoms with van der Waals surface area (Å²) in [5.41, 5.74) is -0.535. The lowest BCUT2D eigenvalue weighted by Gasteiger charge is -2.38. The maximum absolute atomic E-state index is 12.0. The Balaban J connectivity index is 2.33. The second kappa shape index (κ2) is 4.16. The highest BCUT2D eigenvalue weighted by atomic mass is 19.1. The molecule has 0 unspecified atom stereocenters. The van der Waals surface area contributed by atoms with Crippen LogP contribution in [0.2, 0.25) is 0 Å². The molecule has 0 bridgehead atoms. The fraction of sp³-hybridized carbons (Fsp3) is 0.800. The first-order valence-electron chi connectivity index (χ1n) is 4.90. The number of Topliss-reactive ketones (excluding diaryl/α,β-unsaturated/α-hetero) is 1. The molecule has 1 fully saturated rings. The summed E-state index contributed by atoms with van der Waals surface area (Å²) in [6, 6.07) is 0. The van der Waals surface area contributed by atoms with Crippen molar-refractivity contribution in [1.29, 1.82) is 0 Å². The molecule has 0 atom stereocenters. The quantitative estimate of drug-likeness (QED) is 0.702. The number of hydrogen-bond acceptors (Lipinski definition) is 3. The zero-order chi connectivity index (χ0) is 11.6. The SMILES string of the molecule is CC(C)(C)OC(=O)N1CC(C(=O)CF)C1. The standard InChI is InChI=1S/C10H16FNO3/c1-10(2,3)15-9(14)12-5-7(6-12)8(13)4-11/h7H,4-6H2,1-3H3. The van der Waals surface area contributed by atoms with E-state index in [1.54, 1.807) is 20.8 Å². The average molecular weight is 217 g/mol. The Morgan fingerprint density at radius 1 is 1.40 bits per heavy atom. The largest absolute Gasteiger partial charge is 0.444 e. The first-order chi connectivity index (χ1) is 6.83. The number of ketones is 1. The first kappa shape index (κ1) is 11.9. The van der Waals surface area contributed by atoms with Crippen molar-refractivity contribution in [3.8, 4) is 0 Å². The number of ether oxygens (including phenoxy) is 1. The highest BCUT2D eigenvalue weighted by Crippen LogP contribution is 2.20. The second-order valence-corrected chi connectivity index (χ2v) is 4.68. The monoisotopic (exact) mass is 217 g/mol. The molecule has 1 amide bonds. The summed E-state index contributed by atoms with van der Waals surface area (Å²) in [6.07, 6.45) is -0.439. The van der Waals surface area contributed by atoms with Crippen LogP contribution in [-0.4, -0.2) is 42.1 Å². The summed E-state index contributed by atoms with van der Waals surface area (Å²) in [5, 5.41) is 0. The van der Waals surface area contributed by atoms with Crippen molar-refractivity contribution in [2.75, 3.05) is 19.8 Å². The van der Waals surface area contributed by atoms with Gasteiger partial charge in [-0.1, -0.05) is 0 Å². The molecular weight excluding hydrogens is 201 g/mol. The summed E-state index contributed by atoms with van der Waals surface area (Å²) >= 11 is 0. The Morgan fingerprint density at radius 2 is 1.93 bits per heavy atom. The first-order valence-corrected chi connectivity index (χ1v) is 4.90. The van der Waals surface area contributed by atoms with Crippen molar-refractivity contribution in [2.24, 2.45) is 5.92 Å². The second-order valence-electron chi connectivity index (χ2n) is 4.68. The number of carbonyl (C=O) groups is 2. The highest BCUT2D eigenvalue weighted by molar-refractivity contribution is 5.85. The molecule has 1 aliphatic rings. The molecule has 0 aromatic rings. The predicted molar refractivity (Wildman–Crippen MR) is 52.3 cm³/mol. The molecule has 0 aromatic carbocycles. The van der Waals surface area contributed by atoms with Crippen molar-refractivity contribution in [2.45, 2.75) is 26.4 Å². The van der Waals surface area contributed by atoms with Gasteiger partial charge in [0.2, 0.25) is 0 Å². The lowest BCUT2D eigenvalue weighted by Crippen LogP contribution is -2.54. The molecular formula is C10H16FNO3. The van der Waals surface area contributed by atoms with Crippen LogP contribution in [-0.2, 0) is 9.53 Å². The number of likely N-dealkylation sites (tertiary alicyclic amines) is 1. The number of rotatable bonds is 2. The zero-order valence-electron chi connectivity index (χ0n) is 9.25. The van der Waals surface area contributed by atoms with E-state index in [0.29, 0.717) is 0 Å². The van der Waals surface area contributed by atoms with Crippen LogP contribution >= 0.6 is 0 Å². The Hall–Kier alpha value is -1.13. The number of halogens is 1. The molecule has 4 nitrogen and oxygen atoms in total. The van der Waals surface area contributed by atoms with Crippen LogP contribution in [0.4, 0.5) is 9.18 Å². The van der Waals surface area contributed by atoms with Crippen LogP contribution in [0.15, 0.2) is 0 Å². The molecule has 0 aliphatic carbocycles. The molecule has 15 heavy (non-hydrogen) atoms. The molecule has 1 rings (SSSR count). The Labute approximate surface area is 88.4 Å². The number of amides is 1. The van der Waals surface area contributed by atoms with E-state index in [4.69, 9.17) is 4.74 Å². The lowest BCUT2D eigenvalue weighted by atomic mass is 9.96. The molecule has 1 saturated heterocycles. The van der Waals surface area contributed by atoms with Crippen molar-refractivity contribution in [3.05, 3.63) is 0 Å². The minimum atomic E-state index is -0.952. The van der Waals surface area contributed by atoms with Crippen LogP contribution in [0.3, 0.4) is 0 Å². The Morgan fingerprint density at radius 3 is 2.33 bits per heavy atom. The fourth-order valence-corrected chi connectivity index (χ4v) is 1.27. The Kier molecular flexibility index (Phi) is 3.31. The number of nitrogens with zero attached hydrogens (tertiary/aromatic N) is 1. The van der Waals surface area contributed by atoms with Gasteiger partial charge in [0.1, 0.15) is 12.3 Å². The van der Waals surface area contributed by atoms with Crippen molar-refractivity contribution >= 4 is 11.9 Å². The summed E-state index contributed by atoms with van der Waals surface area (Å²) in [4.78, 5) is 23.7. The molecule has 1 aliphatic heterocycles. The summed E-state index contributed by atoms with van der Waals surface area (Å²) in [5.74, 6) is -0.780. The minimum Gasteiger partial charge on any atom is -0.444 e. The molecule has 86 valence electrons. The number of carbonyl (C=O) groups excluding carboxylic acids is 2. The molecule has 0 aromatic heterocycles. The minimum absolute atomic E-state index is 0.275. The van der Waals surface area contributed by atoms with Gasteiger partial charge in [0.15, 0.2) is 5.78 Å². The van der Waals surface area contributed by atoms with Crippen LogP contribution in [0.25, 0.3) is 0 Å². The molecule has 0 saturated carbocycles. The van der Waals surface area contributed by atoms with Crippen molar-refractivity contribution in [3.63, 3.8) is 0 Å². The van der Waals surface area contributed by atoms with Crippen LogP contribution in [0.1, 0.15) is 20.8 Å². The van der Waals surface area contributed by atoms with Gasteiger partial charge in [0.25, 0.3) is 0 Å². The van der Waals surface area contributed by atoms with Crippen molar-refractivity contribution in [1.82, 2.24) is 4.90 Å². The Bertz CT molecular complexity index is 266. The third-order valence-electron chi connectivity index (χ3n) is 2.12. The third kappa shape index (κ3) is 3.18. The van der Waals surface area contributed by atoms with E-state index in [0.717, 1.165) is 0 Å². The van der Waals surface area contributed by atoms with Gasteiger partial charge >= 0.3 is 6.09 Å². The molecule has 5 heteroatoms. The van der Waals surface area contributed by atoms with Crippen LogP contribution in [0.5, 0.6) is 0 Å². The van der Waals surface area contributed by atoms with E-state index in [2.05, 4.69) is 0 Å². The third-order valence-corrected chi connectivity index (χ3v) is 2.12. The van der Waals surface area contributed by atoms with Gasteiger partial charge in [-0.25, -0.2) is 9.18 Å². The van der Waals surface area contributed by atoms with E-state index < -0.39 is 24.2 Å². The van der Waals surface area contributed by atoms with Gasteiger partial charge in [-0.3, -0.25) is 4.79 Å². The van der Waals surface area contributed by atoms with Gasteiger partial charge in [-0.05, 0) is 20.8 Å². The summed E-state index contributed by atoms with van der Waals surface area (Å²) in [6.45, 7) is 4.92. The number of alkyl halides is 1. The van der Waals surface area contributed by atoms with E-state index >= 15 is 0 Å². The van der Waals surface area contributed by atoms with Crippen LogP contribution in [0, 0.1) is 5.92 Å². The smallest absolute Gasteiger partial charge is 0.410 e. The average Bonchev–Trinajstić information content (AvgIpc) is 1.97. The topological polar surface area (TPSA) is 46.6 Å². The zero-order valence-corrected chi connectivity index (χ0v) is 9.25. The van der Waals surface area contributed by atoms with E-state index in [9.17, 15) is 14.0 Å². The highest BCUT2D eigenvalue weighted by Gasteiger charge is 2.37.